The zero-order chi connectivity index (χ0) is 10.1. The van der Waals surface area contributed by atoms with Gasteiger partial charge in [0.15, 0.2) is 0 Å². The Hall–Kier alpha value is -0.0400. The van der Waals surface area contributed by atoms with Crippen molar-refractivity contribution in [1.29, 1.82) is 0 Å². The molecule has 1 aliphatic carbocycles. The zero-order valence-electron chi connectivity index (χ0n) is 9.69. The van der Waals surface area contributed by atoms with Gasteiger partial charge in [-0.2, -0.15) is 0 Å². The van der Waals surface area contributed by atoms with Crippen LogP contribution in [0, 0.1) is 11.3 Å². The highest BCUT2D eigenvalue weighted by Gasteiger charge is 2.61. The highest BCUT2D eigenvalue weighted by Crippen LogP contribution is 2.59. The van der Waals surface area contributed by atoms with E-state index in [4.69, 9.17) is 5.73 Å². The average Bonchev–Trinajstić information content (AvgIpc) is 2.52. The molecule has 0 radical (unpaired) electrons. The summed E-state index contributed by atoms with van der Waals surface area (Å²) >= 11 is 0. The molecule has 0 saturated heterocycles. The van der Waals surface area contributed by atoms with Gasteiger partial charge in [-0.05, 0) is 30.6 Å². The predicted octanol–water partition coefficient (Wildman–Crippen LogP) is 3.33. The Morgan fingerprint density at radius 3 is 1.77 bits per heavy atom. The largest absolute Gasteiger partial charge is 0.324 e. The van der Waals surface area contributed by atoms with Crippen molar-refractivity contribution in [3.8, 4) is 0 Å². The molecule has 0 aliphatic heterocycles. The van der Waals surface area contributed by atoms with Crippen molar-refractivity contribution in [3.05, 3.63) is 0 Å². The van der Waals surface area contributed by atoms with Crippen LogP contribution in [-0.4, -0.2) is 5.54 Å². The Morgan fingerprint density at radius 2 is 1.54 bits per heavy atom. The van der Waals surface area contributed by atoms with Crippen LogP contribution in [0.4, 0.5) is 0 Å². The second-order valence-electron chi connectivity index (χ2n) is 5.38. The lowest BCUT2D eigenvalue weighted by Crippen LogP contribution is -2.37. The van der Waals surface area contributed by atoms with Gasteiger partial charge in [0.2, 0.25) is 0 Å². The van der Waals surface area contributed by atoms with Crippen LogP contribution in [0.15, 0.2) is 0 Å². The molecule has 1 heteroatoms. The lowest BCUT2D eigenvalue weighted by atomic mass is 9.84. The molecule has 0 aromatic carbocycles. The Kier molecular flexibility index (Phi) is 3.06. The summed E-state index contributed by atoms with van der Waals surface area (Å²) in [5, 5.41) is 0. The SMILES string of the molecule is CCCC(CCC)C1(N)CC1(C)C. The van der Waals surface area contributed by atoms with Crippen molar-refractivity contribution >= 4 is 0 Å². The molecule has 2 N–H and O–H groups in total. The smallest absolute Gasteiger partial charge is 0.0241 e. The second kappa shape index (κ2) is 3.61. The van der Waals surface area contributed by atoms with Gasteiger partial charge in [0.05, 0.1) is 0 Å². The van der Waals surface area contributed by atoms with Gasteiger partial charge in [-0.25, -0.2) is 0 Å². The van der Waals surface area contributed by atoms with E-state index in [1.807, 2.05) is 0 Å². The molecular weight excluding hydrogens is 158 g/mol. The van der Waals surface area contributed by atoms with Crippen molar-refractivity contribution in [3.63, 3.8) is 0 Å². The molecule has 1 unspecified atom stereocenters. The van der Waals surface area contributed by atoms with Crippen LogP contribution in [-0.2, 0) is 0 Å². The minimum atomic E-state index is 0.166. The van der Waals surface area contributed by atoms with Gasteiger partial charge in [0.1, 0.15) is 0 Å². The minimum Gasteiger partial charge on any atom is -0.324 e. The molecule has 0 bridgehead atoms. The van der Waals surface area contributed by atoms with E-state index in [9.17, 15) is 0 Å². The van der Waals surface area contributed by atoms with E-state index >= 15 is 0 Å². The maximum Gasteiger partial charge on any atom is 0.0241 e. The van der Waals surface area contributed by atoms with Crippen LogP contribution in [0.5, 0.6) is 0 Å². The summed E-state index contributed by atoms with van der Waals surface area (Å²) in [6.07, 6.45) is 6.41. The molecule has 1 aliphatic rings. The molecule has 13 heavy (non-hydrogen) atoms. The van der Waals surface area contributed by atoms with Crippen molar-refractivity contribution in [2.45, 2.75) is 65.3 Å². The molecule has 78 valence electrons. The first kappa shape index (κ1) is 11.0. The quantitative estimate of drug-likeness (QED) is 0.695. The molecule has 1 nitrogen and oxygen atoms in total. The number of hydrogen-bond acceptors (Lipinski definition) is 1. The Labute approximate surface area is 83.1 Å². The summed E-state index contributed by atoms with van der Waals surface area (Å²) in [6, 6.07) is 0. The fraction of sp³-hybridized carbons (Fsp3) is 1.00. The Balaban J connectivity index is 2.56. The summed E-state index contributed by atoms with van der Waals surface area (Å²) in [7, 11) is 0. The summed E-state index contributed by atoms with van der Waals surface area (Å²) in [5.74, 6) is 0.762. The highest BCUT2D eigenvalue weighted by atomic mass is 14.9. The molecule has 0 aromatic rings. The third kappa shape index (κ3) is 1.90. The van der Waals surface area contributed by atoms with Crippen LogP contribution in [0.25, 0.3) is 0 Å². The van der Waals surface area contributed by atoms with E-state index in [1.165, 1.54) is 32.1 Å². The van der Waals surface area contributed by atoms with Gasteiger partial charge in [-0.15, -0.1) is 0 Å². The van der Waals surface area contributed by atoms with E-state index in [1.54, 1.807) is 0 Å². The summed E-state index contributed by atoms with van der Waals surface area (Å²) in [5.41, 5.74) is 7.01. The maximum absolute atomic E-state index is 6.44. The molecule has 1 rings (SSSR count). The van der Waals surface area contributed by atoms with E-state index in [0.717, 1.165) is 5.92 Å². The predicted molar refractivity (Wildman–Crippen MR) is 58.6 cm³/mol. The minimum absolute atomic E-state index is 0.166. The molecular formula is C12H25N. The monoisotopic (exact) mass is 183 g/mol. The molecule has 0 heterocycles. The Bertz CT molecular complexity index is 168. The van der Waals surface area contributed by atoms with Crippen molar-refractivity contribution in [2.75, 3.05) is 0 Å². The van der Waals surface area contributed by atoms with Crippen molar-refractivity contribution < 1.29 is 0 Å². The molecule has 0 spiro atoms. The molecule has 0 amide bonds. The number of rotatable bonds is 5. The van der Waals surface area contributed by atoms with E-state index in [-0.39, 0.29) is 5.54 Å². The van der Waals surface area contributed by atoms with Gasteiger partial charge in [0.25, 0.3) is 0 Å². The van der Waals surface area contributed by atoms with Crippen LogP contribution >= 0.6 is 0 Å². The first-order valence-electron chi connectivity index (χ1n) is 5.77. The fourth-order valence-electron chi connectivity index (χ4n) is 2.74. The maximum atomic E-state index is 6.44. The molecule has 1 saturated carbocycles. The third-order valence-corrected chi connectivity index (χ3v) is 3.87. The fourth-order valence-corrected chi connectivity index (χ4v) is 2.74. The van der Waals surface area contributed by atoms with Crippen molar-refractivity contribution in [1.82, 2.24) is 0 Å². The summed E-state index contributed by atoms with van der Waals surface area (Å²) in [6.45, 7) is 9.15. The molecule has 0 aromatic heterocycles. The van der Waals surface area contributed by atoms with Gasteiger partial charge in [0, 0.05) is 5.54 Å². The van der Waals surface area contributed by atoms with Gasteiger partial charge in [-0.3, -0.25) is 0 Å². The summed E-state index contributed by atoms with van der Waals surface area (Å²) in [4.78, 5) is 0. The molecule has 1 fully saturated rings. The topological polar surface area (TPSA) is 26.0 Å². The lowest BCUT2D eigenvalue weighted by molar-refractivity contribution is 0.296. The van der Waals surface area contributed by atoms with E-state index in [0.29, 0.717) is 5.41 Å². The van der Waals surface area contributed by atoms with Crippen LogP contribution in [0.1, 0.15) is 59.8 Å². The van der Waals surface area contributed by atoms with Crippen LogP contribution in [0.2, 0.25) is 0 Å². The zero-order valence-corrected chi connectivity index (χ0v) is 9.69. The summed E-state index contributed by atoms with van der Waals surface area (Å²) < 4.78 is 0. The normalized spacial score (nSPS) is 30.9. The van der Waals surface area contributed by atoms with Gasteiger partial charge in [-0.1, -0.05) is 40.5 Å². The Morgan fingerprint density at radius 1 is 1.15 bits per heavy atom. The molecule has 1 atom stereocenters. The van der Waals surface area contributed by atoms with E-state index < -0.39 is 0 Å². The van der Waals surface area contributed by atoms with Crippen molar-refractivity contribution in [2.24, 2.45) is 17.1 Å². The number of hydrogen-bond donors (Lipinski definition) is 1. The first-order valence-corrected chi connectivity index (χ1v) is 5.77. The van der Waals surface area contributed by atoms with Crippen LogP contribution < -0.4 is 5.73 Å². The van der Waals surface area contributed by atoms with Crippen LogP contribution in [0.3, 0.4) is 0 Å². The van der Waals surface area contributed by atoms with Gasteiger partial charge >= 0.3 is 0 Å². The van der Waals surface area contributed by atoms with Gasteiger partial charge < -0.3 is 5.73 Å². The third-order valence-electron chi connectivity index (χ3n) is 3.87. The lowest BCUT2D eigenvalue weighted by Gasteiger charge is -2.26. The van der Waals surface area contributed by atoms with E-state index in [2.05, 4.69) is 27.7 Å². The second-order valence-corrected chi connectivity index (χ2v) is 5.38. The number of nitrogens with two attached hydrogens (primary N) is 1. The average molecular weight is 183 g/mol. The highest BCUT2D eigenvalue weighted by molar-refractivity contribution is 5.17. The standard InChI is InChI=1S/C12H25N/c1-5-7-10(8-6-2)12(13)9-11(12,3)4/h10H,5-9,13H2,1-4H3. The first-order chi connectivity index (χ1) is 5.98.